The lowest BCUT2D eigenvalue weighted by Crippen LogP contribution is -2.53. The molecule has 0 atom stereocenters. The molecular formula is C19H27N3O4. The molecule has 2 aliphatic rings. The van der Waals surface area contributed by atoms with Crippen molar-refractivity contribution in [2.45, 2.75) is 32.6 Å². The van der Waals surface area contributed by atoms with Gasteiger partial charge in [0, 0.05) is 51.6 Å². The van der Waals surface area contributed by atoms with Crippen LogP contribution in [-0.4, -0.2) is 71.7 Å². The van der Waals surface area contributed by atoms with E-state index in [4.69, 9.17) is 4.42 Å². The Kier molecular flexibility index (Phi) is 5.96. The quantitative estimate of drug-likeness (QED) is 0.816. The molecule has 7 nitrogen and oxygen atoms in total. The molecule has 7 heteroatoms. The average Bonchev–Trinajstić information content (AvgIpc) is 3.22. The second kappa shape index (κ2) is 8.38. The number of amides is 3. The van der Waals surface area contributed by atoms with E-state index in [0.717, 1.165) is 19.3 Å². The van der Waals surface area contributed by atoms with Gasteiger partial charge in [-0.15, -0.1) is 0 Å². The molecule has 2 saturated heterocycles. The van der Waals surface area contributed by atoms with Crippen LogP contribution in [-0.2, 0) is 9.59 Å². The molecule has 3 heterocycles. The van der Waals surface area contributed by atoms with Crippen LogP contribution in [0.2, 0.25) is 0 Å². The molecule has 0 bridgehead atoms. The molecule has 1 aromatic heterocycles. The molecule has 0 aromatic carbocycles. The zero-order valence-corrected chi connectivity index (χ0v) is 15.4. The molecule has 0 radical (unpaired) electrons. The van der Waals surface area contributed by atoms with Crippen LogP contribution in [0.5, 0.6) is 0 Å². The van der Waals surface area contributed by atoms with Crippen LogP contribution in [0, 0.1) is 5.92 Å². The monoisotopic (exact) mass is 361 g/mol. The van der Waals surface area contributed by atoms with Crippen LogP contribution < -0.4 is 0 Å². The van der Waals surface area contributed by atoms with E-state index in [2.05, 4.69) is 0 Å². The zero-order valence-electron chi connectivity index (χ0n) is 15.4. The first-order chi connectivity index (χ1) is 12.6. The maximum absolute atomic E-state index is 12.8. The Morgan fingerprint density at radius 2 is 1.65 bits per heavy atom. The summed E-state index contributed by atoms with van der Waals surface area (Å²) in [5.41, 5.74) is 0. The van der Waals surface area contributed by atoms with Gasteiger partial charge in [0.25, 0.3) is 5.91 Å². The standard InChI is InChI=1S/C19H27N3O4/c1-2-4-17(23)20-8-6-15(7-9-20)18(24)21-10-12-22(13-11-21)19(25)16-5-3-14-26-16/h3,5,14-15H,2,4,6-13H2,1H3. The third-order valence-corrected chi connectivity index (χ3v) is 5.27. The van der Waals surface area contributed by atoms with Crippen molar-refractivity contribution in [1.29, 1.82) is 0 Å². The van der Waals surface area contributed by atoms with Gasteiger partial charge in [0.2, 0.25) is 11.8 Å². The molecule has 26 heavy (non-hydrogen) atoms. The number of hydrogen-bond acceptors (Lipinski definition) is 4. The van der Waals surface area contributed by atoms with E-state index in [9.17, 15) is 14.4 Å². The number of nitrogens with zero attached hydrogens (tertiary/aromatic N) is 3. The maximum atomic E-state index is 12.8. The van der Waals surface area contributed by atoms with Gasteiger partial charge in [-0.05, 0) is 31.4 Å². The number of carbonyl (C=O) groups excluding carboxylic acids is 3. The Hall–Kier alpha value is -2.31. The fourth-order valence-corrected chi connectivity index (χ4v) is 3.69. The van der Waals surface area contributed by atoms with Crippen molar-refractivity contribution in [1.82, 2.24) is 14.7 Å². The number of hydrogen-bond donors (Lipinski definition) is 0. The predicted molar refractivity (Wildman–Crippen MR) is 95.4 cm³/mol. The van der Waals surface area contributed by atoms with Gasteiger partial charge >= 0.3 is 0 Å². The van der Waals surface area contributed by atoms with Crippen molar-refractivity contribution in [3.63, 3.8) is 0 Å². The van der Waals surface area contributed by atoms with Gasteiger partial charge in [0.05, 0.1) is 6.26 Å². The molecule has 0 unspecified atom stereocenters. The minimum atomic E-state index is -0.121. The summed E-state index contributed by atoms with van der Waals surface area (Å²) < 4.78 is 5.16. The predicted octanol–water partition coefficient (Wildman–Crippen LogP) is 1.60. The number of likely N-dealkylation sites (tertiary alicyclic amines) is 1. The van der Waals surface area contributed by atoms with Crippen LogP contribution in [0.25, 0.3) is 0 Å². The summed E-state index contributed by atoms with van der Waals surface area (Å²) in [5, 5.41) is 0. The highest BCUT2D eigenvalue weighted by molar-refractivity contribution is 5.91. The van der Waals surface area contributed by atoms with Crippen LogP contribution in [0.1, 0.15) is 43.2 Å². The zero-order chi connectivity index (χ0) is 18.5. The van der Waals surface area contributed by atoms with Gasteiger partial charge < -0.3 is 19.1 Å². The summed E-state index contributed by atoms with van der Waals surface area (Å²) in [6, 6.07) is 3.36. The lowest BCUT2D eigenvalue weighted by Gasteiger charge is -2.38. The number of piperazine rings is 1. The molecule has 2 aliphatic heterocycles. The van der Waals surface area contributed by atoms with Crippen molar-refractivity contribution in [3.8, 4) is 0 Å². The van der Waals surface area contributed by atoms with E-state index in [1.54, 1.807) is 17.0 Å². The number of rotatable bonds is 4. The Morgan fingerprint density at radius 3 is 2.23 bits per heavy atom. The highest BCUT2D eigenvalue weighted by atomic mass is 16.3. The van der Waals surface area contributed by atoms with Gasteiger partial charge in [-0.25, -0.2) is 0 Å². The lowest BCUT2D eigenvalue weighted by molar-refractivity contribution is -0.141. The Bertz CT molecular complexity index is 627. The van der Waals surface area contributed by atoms with Gasteiger partial charge in [0.15, 0.2) is 5.76 Å². The first kappa shape index (κ1) is 18.5. The summed E-state index contributed by atoms with van der Waals surface area (Å²) in [6.45, 7) is 5.52. The topological polar surface area (TPSA) is 74.1 Å². The number of carbonyl (C=O) groups is 3. The Labute approximate surface area is 153 Å². The normalized spacial score (nSPS) is 18.9. The van der Waals surface area contributed by atoms with E-state index in [0.29, 0.717) is 51.4 Å². The Balaban J connectivity index is 1.46. The van der Waals surface area contributed by atoms with Crippen LogP contribution in [0.3, 0.4) is 0 Å². The van der Waals surface area contributed by atoms with E-state index in [-0.39, 0.29) is 23.6 Å². The summed E-state index contributed by atoms with van der Waals surface area (Å²) >= 11 is 0. The van der Waals surface area contributed by atoms with Crippen molar-refractivity contribution >= 4 is 17.7 Å². The second-order valence-electron chi connectivity index (χ2n) is 7.00. The van der Waals surface area contributed by atoms with Crippen molar-refractivity contribution in [2.24, 2.45) is 5.92 Å². The largest absolute Gasteiger partial charge is 0.459 e. The van der Waals surface area contributed by atoms with E-state index >= 15 is 0 Å². The third kappa shape index (κ3) is 4.08. The minimum absolute atomic E-state index is 0.00648. The first-order valence-corrected chi connectivity index (χ1v) is 9.49. The molecule has 0 saturated carbocycles. The van der Waals surface area contributed by atoms with Crippen molar-refractivity contribution < 1.29 is 18.8 Å². The van der Waals surface area contributed by atoms with Crippen molar-refractivity contribution in [3.05, 3.63) is 24.2 Å². The highest BCUT2D eigenvalue weighted by Crippen LogP contribution is 2.21. The average molecular weight is 361 g/mol. The van der Waals surface area contributed by atoms with Gasteiger partial charge in [-0.1, -0.05) is 6.92 Å². The third-order valence-electron chi connectivity index (χ3n) is 5.27. The van der Waals surface area contributed by atoms with E-state index < -0.39 is 0 Å². The van der Waals surface area contributed by atoms with Gasteiger partial charge in [-0.2, -0.15) is 0 Å². The second-order valence-corrected chi connectivity index (χ2v) is 7.00. The summed E-state index contributed by atoms with van der Waals surface area (Å²) in [7, 11) is 0. The molecule has 142 valence electrons. The molecule has 2 fully saturated rings. The fourth-order valence-electron chi connectivity index (χ4n) is 3.69. The smallest absolute Gasteiger partial charge is 0.289 e. The molecule has 0 N–H and O–H groups in total. The molecule has 3 amide bonds. The minimum Gasteiger partial charge on any atom is -0.459 e. The summed E-state index contributed by atoms with van der Waals surface area (Å²) in [5.74, 6) is 0.577. The van der Waals surface area contributed by atoms with E-state index in [1.165, 1.54) is 6.26 Å². The SMILES string of the molecule is CCCC(=O)N1CCC(C(=O)N2CCN(C(=O)c3ccco3)CC2)CC1. The molecule has 1 aromatic rings. The lowest BCUT2D eigenvalue weighted by atomic mass is 9.94. The van der Waals surface area contributed by atoms with Gasteiger partial charge in [0.1, 0.15) is 0 Å². The first-order valence-electron chi connectivity index (χ1n) is 9.49. The van der Waals surface area contributed by atoms with Crippen LogP contribution in [0.4, 0.5) is 0 Å². The number of piperidine rings is 1. The molecule has 0 spiro atoms. The number of furan rings is 1. The molecular weight excluding hydrogens is 334 g/mol. The maximum Gasteiger partial charge on any atom is 0.289 e. The highest BCUT2D eigenvalue weighted by Gasteiger charge is 2.32. The molecule has 0 aliphatic carbocycles. The van der Waals surface area contributed by atoms with Crippen molar-refractivity contribution in [2.75, 3.05) is 39.3 Å². The van der Waals surface area contributed by atoms with Crippen LogP contribution in [0.15, 0.2) is 22.8 Å². The van der Waals surface area contributed by atoms with E-state index in [1.807, 2.05) is 16.7 Å². The fraction of sp³-hybridized carbons (Fsp3) is 0.632. The van der Waals surface area contributed by atoms with Crippen LogP contribution >= 0.6 is 0 Å². The summed E-state index contributed by atoms with van der Waals surface area (Å²) in [4.78, 5) is 42.5. The molecule has 3 rings (SSSR count). The Morgan fingerprint density at radius 1 is 1.00 bits per heavy atom. The van der Waals surface area contributed by atoms with Gasteiger partial charge in [-0.3, -0.25) is 14.4 Å². The summed E-state index contributed by atoms with van der Waals surface area (Å²) in [6.07, 6.45) is 4.41.